The molecular weight excluding hydrogens is 304 g/mol. The number of hydrogen-bond donors (Lipinski definition) is 2. The fraction of sp³-hybridized carbons (Fsp3) is 0.500. The number of methoxy groups -OCH3 is 2. The summed E-state index contributed by atoms with van der Waals surface area (Å²) in [6.07, 6.45) is 5.10. The first-order valence-corrected chi connectivity index (χ1v) is 8.45. The molecule has 0 aromatic heterocycles. The van der Waals surface area contributed by atoms with Crippen LogP contribution in [0.1, 0.15) is 24.0 Å². The van der Waals surface area contributed by atoms with Gasteiger partial charge in [-0.3, -0.25) is 0 Å². The van der Waals surface area contributed by atoms with Gasteiger partial charge in [0.2, 0.25) is 0 Å². The van der Waals surface area contributed by atoms with Crippen molar-refractivity contribution in [2.75, 3.05) is 27.3 Å². The Labute approximate surface area is 142 Å². The molecule has 0 saturated carbocycles. The zero-order valence-electron chi connectivity index (χ0n) is 14.3. The SMILES string of the molecule is COc1cc2c(c(OC)c1)CC=C1N(C2)C(N)=NC12CCNCC2. The van der Waals surface area contributed by atoms with Crippen LogP contribution < -0.4 is 20.5 Å². The molecule has 0 aliphatic carbocycles. The molecule has 3 heterocycles. The molecule has 0 bridgehead atoms. The Morgan fingerprint density at radius 2 is 2.00 bits per heavy atom. The molecule has 0 radical (unpaired) electrons. The molecule has 1 spiro atoms. The van der Waals surface area contributed by atoms with Gasteiger partial charge in [-0.1, -0.05) is 6.08 Å². The number of nitrogens with one attached hydrogen (secondary N) is 1. The largest absolute Gasteiger partial charge is 0.497 e. The third kappa shape index (κ3) is 2.24. The summed E-state index contributed by atoms with van der Waals surface area (Å²) < 4.78 is 11.0. The average Bonchev–Trinajstić information content (AvgIpc) is 2.76. The predicted octanol–water partition coefficient (Wildman–Crippen LogP) is 1.40. The maximum Gasteiger partial charge on any atom is 0.196 e. The smallest absolute Gasteiger partial charge is 0.196 e. The van der Waals surface area contributed by atoms with Crippen molar-refractivity contribution in [2.45, 2.75) is 31.3 Å². The lowest BCUT2D eigenvalue weighted by Crippen LogP contribution is -2.42. The lowest BCUT2D eigenvalue weighted by Gasteiger charge is -2.34. The van der Waals surface area contributed by atoms with E-state index in [1.165, 1.54) is 16.8 Å². The Morgan fingerprint density at radius 3 is 2.71 bits per heavy atom. The molecule has 3 aliphatic rings. The fourth-order valence-electron chi connectivity index (χ4n) is 4.10. The molecule has 1 aromatic rings. The Balaban J connectivity index is 1.77. The Bertz CT molecular complexity index is 720. The topological polar surface area (TPSA) is 72.1 Å². The molecule has 1 saturated heterocycles. The lowest BCUT2D eigenvalue weighted by molar-refractivity contribution is 0.329. The van der Waals surface area contributed by atoms with E-state index in [2.05, 4.69) is 22.4 Å². The van der Waals surface area contributed by atoms with Crippen LogP contribution in [-0.2, 0) is 13.0 Å². The Hall–Kier alpha value is -2.21. The molecule has 0 amide bonds. The van der Waals surface area contributed by atoms with E-state index >= 15 is 0 Å². The number of allylic oxidation sites excluding steroid dienone is 1. The van der Waals surface area contributed by atoms with Crippen LogP contribution in [0.4, 0.5) is 0 Å². The van der Waals surface area contributed by atoms with E-state index in [1.807, 2.05) is 6.07 Å². The van der Waals surface area contributed by atoms with E-state index in [-0.39, 0.29) is 5.54 Å². The van der Waals surface area contributed by atoms with Gasteiger partial charge in [0.1, 0.15) is 17.0 Å². The van der Waals surface area contributed by atoms with E-state index in [4.69, 9.17) is 20.2 Å². The number of ether oxygens (including phenoxy) is 2. The predicted molar refractivity (Wildman–Crippen MR) is 93.3 cm³/mol. The molecule has 4 rings (SSSR count). The average molecular weight is 328 g/mol. The van der Waals surface area contributed by atoms with Gasteiger partial charge in [-0.05, 0) is 44.0 Å². The van der Waals surface area contributed by atoms with Crippen molar-refractivity contribution >= 4 is 5.96 Å². The number of piperidine rings is 1. The summed E-state index contributed by atoms with van der Waals surface area (Å²) in [5.41, 5.74) is 9.79. The van der Waals surface area contributed by atoms with Crippen LogP contribution in [0.2, 0.25) is 0 Å². The van der Waals surface area contributed by atoms with Gasteiger partial charge < -0.3 is 25.4 Å². The Kier molecular flexibility index (Phi) is 3.64. The van der Waals surface area contributed by atoms with Crippen molar-refractivity contribution < 1.29 is 9.47 Å². The number of nitrogens with two attached hydrogens (primary N) is 1. The quantitative estimate of drug-likeness (QED) is 0.858. The van der Waals surface area contributed by atoms with Gasteiger partial charge in [-0.2, -0.15) is 0 Å². The van der Waals surface area contributed by atoms with Crippen molar-refractivity contribution in [3.05, 3.63) is 35.0 Å². The number of guanidine groups is 1. The molecule has 128 valence electrons. The van der Waals surface area contributed by atoms with Crippen molar-refractivity contribution in [1.82, 2.24) is 10.2 Å². The second-order valence-electron chi connectivity index (χ2n) is 6.60. The standard InChI is InChI=1S/C18H24N4O2/c1-23-13-9-12-11-22-16(4-3-14(12)15(10-13)24-2)18(21-17(22)19)5-7-20-8-6-18/h4,9-10,20H,3,5-8,11H2,1-2H3,(H2,19,21). The molecular formula is C18H24N4O2. The molecule has 6 nitrogen and oxygen atoms in total. The van der Waals surface area contributed by atoms with Gasteiger partial charge in [0, 0.05) is 17.3 Å². The number of rotatable bonds is 2. The third-order valence-electron chi connectivity index (χ3n) is 5.36. The highest BCUT2D eigenvalue weighted by molar-refractivity contribution is 5.84. The number of fused-ring (bicyclic) bond motifs is 3. The maximum atomic E-state index is 6.31. The first-order chi connectivity index (χ1) is 11.7. The van der Waals surface area contributed by atoms with Crippen LogP contribution in [0.15, 0.2) is 28.9 Å². The van der Waals surface area contributed by atoms with Gasteiger partial charge in [0.15, 0.2) is 5.96 Å². The van der Waals surface area contributed by atoms with Crippen molar-refractivity contribution in [2.24, 2.45) is 10.7 Å². The van der Waals surface area contributed by atoms with E-state index in [0.29, 0.717) is 12.5 Å². The molecule has 0 atom stereocenters. The van der Waals surface area contributed by atoms with Crippen LogP contribution in [-0.4, -0.2) is 43.7 Å². The summed E-state index contributed by atoms with van der Waals surface area (Å²) >= 11 is 0. The molecule has 1 fully saturated rings. The van der Waals surface area contributed by atoms with Gasteiger partial charge in [0.25, 0.3) is 0 Å². The second-order valence-corrected chi connectivity index (χ2v) is 6.60. The zero-order valence-corrected chi connectivity index (χ0v) is 14.3. The normalized spacial score (nSPS) is 21.5. The zero-order chi connectivity index (χ0) is 16.7. The summed E-state index contributed by atoms with van der Waals surface area (Å²) in [6.45, 7) is 2.66. The van der Waals surface area contributed by atoms with Crippen LogP contribution in [0.5, 0.6) is 11.5 Å². The minimum Gasteiger partial charge on any atom is -0.497 e. The van der Waals surface area contributed by atoms with Crippen LogP contribution >= 0.6 is 0 Å². The van der Waals surface area contributed by atoms with Crippen LogP contribution in [0.3, 0.4) is 0 Å². The highest BCUT2D eigenvalue weighted by Crippen LogP contribution is 2.42. The van der Waals surface area contributed by atoms with Gasteiger partial charge in [0.05, 0.1) is 20.8 Å². The summed E-state index contributed by atoms with van der Waals surface area (Å²) in [4.78, 5) is 7.04. The number of nitrogens with zero attached hydrogens (tertiary/aromatic N) is 2. The summed E-state index contributed by atoms with van der Waals surface area (Å²) in [6, 6.07) is 4.03. The summed E-state index contributed by atoms with van der Waals surface area (Å²) in [7, 11) is 3.38. The first-order valence-electron chi connectivity index (χ1n) is 8.45. The molecule has 3 N–H and O–H groups in total. The van der Waals surface area contributed by atoms with Crippen molar-refractivity contribution in [3.8, 4) is 11.5 Å². The Morgan fingerprint density at radius 1 is 1.21 bits per heavy atom. The summed E-state index contributed by atoms with van der Waals surface area (Å²) in [5, 5.41) is 3.42. The van der Waals surface area contributed by atoms with Gasteiger partial charge in [-0.25, -0.2) is 4.99 Å². The van der Waals surface area contributed by atoms with E-state index in [1.54, 1.807) is 14.2 Å². The van der Waals surface area contributed by atoms with Crippen LogP contribution in [0, 0.1) is 0 Å². The number of aliphatic imine (C=N–C) groups is 1. The molecule has 0 unspecified atom stereocenters. The minimum absolute atomic E-state index is 0.158. The van der Waals surface area contributed by atoms with E-state index in [0.717, 1.165) is 43.9 Å². The minimum atomic E-state index is -0.158. The van der Waals surface area contributed by atoms with Gasteiger partial charge in [-0.15, -0.1) is 0 Å². The lowest BCUT2D eigenvalue weighted by atomic mass is 9.85. The number of hydrogen-bond acceptors (Lipinski definition) is 6. The second kappa shape index (κ2) is 5.70. The summed E-state index contributed by atoms with van der Waals surface area (Å²) in [5.74, 6) is 2.30. The van der Waals surface area contributed by atoms with Gasteiger partial charge >= 0.3 is 0 Å². The number of benzene rings is 1. The fourth-order valence-corrected chi connectivity index (χ4v) is 4.10. The molecule has 1 aromatic carbocycles. The highest BCUT2D eigenvalue weighted by Gasteiger charge is 2.45. The first kappa shape index (κ1) is 15.3. The molecule has 3 aliphatic heterocycles. The van der Waals surface area contributed by atoms with E-state index < -0.39 is 0 Å². The van der Waals surface area contributed by atoms with Crippen LogP contribution in [0.25, 0.3) is 0 Å². The molecule has 6 heteroatoms. The third-order valence-corrected chi connectivity index (χ3v) is 5.36. The highest BCUT2D eigenvalue weighted by atomic mass is 16.5. The van der Waals surface area contributed by atoms with Crippen molar-refractivity contribution in [3.63, 3.8) is 0 Å². The van der Waals surface area contributed by atoms with Crippen molar-refractivity contribution in [1.29, 1.82) is 0 Å². The molecule has 24 heavy (non-hydrogen) atoms. The van der Waals surface area contributed by atoms with E-state index in [9.17, 15) is 0 Å². The monoisotopic (exact) mass is 328 g/mol. The maximum absolute atomic E-state index is 6.31.